The fraction of sp³-hybridized carbons (Fsp3) is 0.647. The van der Waals surface area contributed by atoms with Crippen molar-refractivity contribution >= 4 is 11.8 Å². The quantitative estimate of drug-likeness (QED) is 0.757. The topological polar surface area (TPSA) is 38.5 Å². The van der Waals surface area contributed by atoms with E-state index in [1.165, 1.54) is 17.7 Å². The maximum absolute atomic E-state index is 6.01. The van der Waals surface area contributed by atoms with Crippen molar-refractivity contribution in [1.29, 1.82) is 0 Å². The van der Waals surface area contributed by atoms with Gasteiger partial charge in [-0.3, -0.25) is 4.90 Å². The Morgan fingerprint density at radius 1 is 1.19 bits per heavy atom. The smallest absolute Gasteiger partial charge is 0.119 e. The zero-order valence-corrected chi connectivity index (χ0v) is 14.8. The number of likely N-dealkylation sites (N-methyl/N-ethyl adjacent to an activating group) is 1. The van der Waals surface area contributed by atoms with Crippen LogP contribution in [0.2, 0.25) is 0 Å². The van der Waals surface area contributed by atoms with E-state index < -0.39 is 0 Å². The lowest BCUT2D eigenvalue weighted by molar-refractivity contribution is 0.185. The van der Waals surface area contributed by atoms with Gasteiger partial charge in [-0.2, -0.15) is 11.8 Å². The number of nitrogens with two attached hydrogens (primary N) is 1. The molecule has 2 unspecified atom stereocenters. The van der Waals surface area contributed by atoms with Crippen molar-refractivity contribution in [2.75, 3.05) is 25.6 Å². The number of hydrogen-bond donors (Lipinski definition) is 1. The summed E-state index contributed by atoms with van der Waals surface area (Å²) < 4.78 is 5.70. The molecule has 1 aromatic carbocycles. The van der Waals surface area contributed by atoms with Gasteiger partial charge in [-0.15, -0.1) is 0 Å². The van der Waals surface area contributed by atoms with Crippen LogP contribution < -0.4 is 10.5 Å². The fourth-order valence-electron chi connectivity index (χ4n) is 2.38. The van der Waals surface area contributed by atoms with Gasteiger partial charge in [0, 0.05) is 18.6 Å². The average Bonchev–Trinajstić information content (AvgIpc) is 2.46. The lowest BCUT2D eigenvalue weighted by Crippen LogP contribution is -2.37. The van der Waals surface area contributed by atoms with E-state index in [4.69, 9.17) is 10.5 Å². The highest BCUT2D eigenvalue weighted by Gasteiger charge is 2.20. The molecule has 0 radical (unpaired) electrons. The molecule has 2 N–H and O–H groups in total. The molecule has 0 saturated carbocycles. The summed E-state index contributed by atoms with van der Waals surface area (Å²) >= 11 is 1.90. The first-order valence-electron chi connectivity index (χ1n) is 7.67. The van der Waals surface area contributed by atoms with Gasteiger partial charge in [-0.25, -0.2) is 0 Å². The van der Waals surface area contributed by atoms with E-state index in [1.807, 2.05) is 37.7 Å². The number of benzene rings is 1. The highest BCUT2D eigenvalue weighted by Crippen LogP contribution is 2.24. The van der Waals surface area contributed by atoms with Crippen molar-refractivity contribution in [3.8, 4) is 5.75 Å². The van der Waals surface area contributed by atoms with Crippen molar-refractivity contribution in [2.24, 2.45) is 5.73 Å². The number of ether oxygens (including phenoxy) is 1. The van der Waals surface area contributed by atoms with E-state index in [9.17, 15) is 0 Å². The van der Waals surface area contributed by atoms with E-state index in [-0.39, 0.29) is 12.1 Å². The lowest BCUT2D eigenvalue weighted by Gasteiger charge is -2.33. The third-order valence-electron chi connectivity index (χ3n) is 3.79. The second-order valence-corrected chi connectivity index (χ2v) is 6.77. The number of thioether (sulfide) groups is 1. The number of hydrogen-bond acceptors (Lipinski definition) is 4. The van der Waals surface area contributed by atoms with Gasteiger partial charge < -0.3 is 10.5 Å². The molecule has 0 aliphatic rings. The van der Waals surface area contributed by atoms with Crippen molar-refractivity contribution in [1.82, 2.24) is 4.90 Å². The van der Waals surface area contributed by atoms with Crippen molar-refractivity contribution in [2.45, 2.75) is 45.4 Å². The molecule has 0 amide bonds. The molecule has 0 heterocycles. The monoisotopic (exact) mass is 310 g/mol. The van der Waals surface area contributed by atoms with Crippen LogP contribution in [0.3, 0.4) is 0 Å². The maximum Gasteiger partial charge on any atom is 0.119 e. The molecule has 120 valence electrons. The summed E-state index contributed by atoms with van der Waals surface area (Å²) in [7, 11) is 2.17. The molecule has 0 aliphatic heterocycles. The Balaban J connectivity index is 2.74. The summed E-state index contributed by atoms with van der Waals surface area (Å²) in [5, 5.41) is 0. The van der Waals surface area contributed by atoms with Crippen LogP contribution in [-0.4, -0.2) is 42.6 Å². The van der Waals surface area contributed by atoms with Gasteiger partial charge in [0.1, 0.15) is 5.75 Å². The highest BCUT2D eigenvalue weighted by molar-refractivity contribution is 7.98. The van der Waals surface area contributed by atoms with E-state index in [2.05, 4.69) is 37.3 Å². The molecular weight excluding hydrogens is 280 g/mol. The fourth-order valence-corrected chi connectivity index (χ4v) is 2.95. The first-order chi connectivity index (χ1) is 9.99. The van der Waals surface area contributed by atoms with Gasteiger partial charge >= 0.3 is 0 Å². The number of rotatable bonds is 9. The highest BCUT2D eigenvalue weighted by atomic mass is 32.2. The summed E-state index contributed by atoms with van der Waals surface area (Å²) in [6.45, 7) is 6.98. The standard InChI is InChI=1S/C17H30N2OS/c1-13(2)20-16-8-6-15(7-9-16)17(12-18)19(4)14(3)10-11-21-5/h6-9,13-14,17H,10-12,18H2,1-5H3. The molecule has 0 fully saturated rings. The normalized spacial score (nSPS) is 14.5. The lowest BCUT2D eigenvalue weighted by atomic mass is 10.0. The summed E-state index contributed by atoms with van der Waals surface area (Å²) in [6.07, 6.45) is 3.54. The van der Waals surface area contributed by atoms with Gasteiger partial charge in [-0.05, 0) is 63.9 Å². The Morgan fingerprint density at radius 3 is 2.29 bits per heavy atom. The van der Waals surface area contributed by atoms with Crippen LogP contribution in [0.5, 0.6) is 5.75 Å². The van der Waals surface area contributed by atoms with Gasteiger partial charge in [0.25, 0.3) is 0 Å². The summed E-state index contributed by atoms with van der Waals surface area (Å²) in [5.41, 5.74) is 7.27. The van der Waals surface area contributed by atoms with Crippen LogP contribution in [-0.2, 0) is 0 Å². The Hall–Kier alpha value is -0.710. The van der Waals surface area contributed by atoms with E-state index in [1.54, 1.807) is 0 Å². The first kappa shape index (κ1) is 18.3. The third-order valence-corrected chi connectivity index (χ3v) is 4.43. The van der Waals surface area contributed by atoms with E-state index in [0.717, 1.165) is 5.75 Å². The van der Waals surface area contributed by atoms with Crippen molar-refractivity contribution in [3.63, 3.8) is 0 Å². The average molecular weight is 311 g/mol. The molecule has 0 bridgehead atoms. The molecule has 1 rings (SSSR count). The minimum Gasteiger partial charge on any atom is -0.491 e. The Morgan fingerprint density at radius 2 is 1.81 bits per heavy atom. The third kappa shape index (κ3) is 5.89. The Labute approximate surface area is 134 Å². The molecule has 21 heavy (non-hydrogen) atoms. The van der Waals surface area contributed by atoms with Gasteiger partial charge in [0.2, 0.25) is 0 Å². The largest absolute Gasteiger partial charge is 0.491 e. The Kier molecular flexibility index (Phi) is 8.15. The molecule has 0 aromatic heterocycles. The van der Waals surface area contributed by atoms with Crippen LogP contribution in [0.15, 0.2) is 24.3 Å². The summed E-state index contributed by atoms with van der Waals surface area (Å²) in [6, 6.07) is 9.13. The van der Waals surface area contributed by atoms with Crippen molar-refractivity contribution < 1.29 is 4.74 Å². The molecule has 0 saturated heterocycles. The van der Waals surface area contributed by atoms with Crippen LogP contribution in [0.25, 0.3) is 0 Å². The van der Waals surface area contributed by atoms with E-state index >= 15 is 0 Å². The van der Waals surface area contributed by atoms with Crippen LogP contribution in [0, 0.1) is 0 Å². The molecule has 4 heteroatoms. The molecule has 1 aromatic rings. The number of nitrogens with zero attached hydrogens (tertiary/aromatic N) is 1. The van der Waals surface area contributed by atoms with Gasteiger partial charge in [0.05, 0.1) is 6.10 Å². The molecule has 0 aliphatic carbocycles. The van der Waals surface area contributed by atoms with Crippen LogP contribution in [0.4, 0.5) is 0 Å². The maximum atomic E-state index is 6.01. The minimum absolute atomic E-state index is 0.204. The SMILES string of the molecule is CSCCC(C)N(C)C(CN)c1ccc(OC(C)C)cc1. The van der Waals surface area contributed by atoms with Gasteiger partial charge in [-0.1, -0.05) is 12.1 Å². The van der Waals surface area contributed by atoms with Crippen LogP contribution in [0.1, 0.15) is 38.8 Å². The Bertz CT molecular complexity index is 394. The van der Waals surface area contributed by atoms with E-state index in [0.29, 0.717) is 12.6 Å². The first-order valence-corrected chi connectivity index (χ1v) is 9.06. The molecule has 2 atom stereocenters. The molecular formula is C17H30N2OS. The zero-order valence-electron chi connectivity index (χ0n) is 14.0. The predicted molar refractivity (Wildman–Crippen MR) is 94.2 cm³/mol. The summed E-state index contributed by atoms with van der Waals surface area (Å²) in [5.74, 6) is 2.10. The van der Waals surface area contributed by atoms with Crippen molar-refractivity contribution in [3.05, 3.63) is 29.8 Å². The second kappa shape index (κ2) is 9.34. The minimum atomic E-state index is 0.204. The van der Waals surface area contributed by atoms with Crippen LogP contribution >= 0.6 is 11.8 Å². The predicted octanol–water partition coefficient (Wildman–Crippen LogP) is 3.55. The molecule has 0 spiro atoms. The zero-order chi connectivity index (χ0) is 15.8. The van der Waals surface area contributed by atoms with Gasteiger partial charge in [0.15, 0.2) is 0 Å². The summed E-state index contributed by atoms with van der Waals surface area (Å²) in [4.78, 5) is 2.38. The second-order valence-electron chi connectivity index (χ2n) is 5.78. The molecule has 3 nitrogen and oxygen atoms in total.